The van der Waals surface area contributed by atoms with E-state index in [4.69, 9.17) is 0 Å². The average Bonchev–Trinajstić information content (AvgIpc) is 3.35. The lowest BCUT2D eigenvalue weighted by Gasteiger charge is -2.09. The van der Waals surface area contributed by atoms with Crippen molar-refractivity contribution in [2.24, 2.45) is 0 Å². The highest BCUT2D eigenvalue weighted by molar-refractivity contribution is 6.05. The maximum absolute atomic E-state index is 13.7. The fraction of sp³-hybridized carbons (Fsp3) is 0.235. The Hall–Kier alpha value is -2.96. The van der Waals surface area contributed by atoms with Crippen molar-refractivity contribution in [3.63, 3.8) is 0 Å². The Morgan fingerprint density at radius 1 is 1.21 bits per heavy atom. The summed E-state index contributed by atoms with van der Waals surface area (Å²) in [5.41, 5.74) is 1.16. The van der Waals surface area contributed by atoms with Crippen LogP contribution in [0.1, 0.15) is 28.8 Å². The molecular formula is C17H16FN3O3. The zero-order valence-electron chi connectivity index (χ0n) is 13.0. The van der Waals surface area contributed by atoms with E-state index < -0.39 is 16.6 Å². The van der Waals surface area contributed by atoms with E-state index in [-0.39, 0.29) is 23.0 Å². The Morgan fingerprint density at radius 2 is 1.96 bits per heavy atom. The van der Waals surface area contributed by atoms with Crippen molar-refractivity contribution in [1.29, 1.82) is 0 Å². The van der Waals surface area contributed by atoms with Gasteiger partial charge in [-0.25, -0.2) is 4.39 Å². The lowest BCUT2D eigenvalue weighted by molar-refractivity contribution is -0.384. The van der Waals surface area contributed by atoms with E-state index in [1.165, 1.54) is 30.3 Å². The minimum Gasteiger partial charge on any atom is -0.377 e. The summed E-state index contributed by atoms with van der Waals surface area (Å²) in [5.74, 6) is -1.16. The summed E-state index contributed by atoms with van der Waals surface area (Å²) in [7, 11) is 0. The SMILES string of the molecule is Cc1ccc(F)c(NC(=O)c2ccc(NC3CC3)c([N+](=O)[O-])c2)c1. The molecule has 0 radical (unpaired) electrons. The van der Waals surface area contributed by atoms with Crippen molar-refractivity contribution in [2.75, 3.05) is 10.6 Å². The van der Waals surface area contributed by atoms with Gasteiger partial charge in [0.25, 0.3) is 11.6 Å². The normalized spacial score (nSPS) is 13.4. The third kappa shape index (κ3) is 3.51. The Labute approximate surface area is 137 Å². The van der Waals surface area contributed by atoms with E-state index in [9.17, 15) is 19.3 Å². The van der Waals surface area contributed by atoms with Gasteiger partial charge in [0.2, 0.25) is 0 Å². The number of carbonyl (C=O) groups is 1. The number of anilines is 2. The van der Waals surface area contributed by atoms with E-state index in [1.807, 2.05) is 0 Å². The zero-order valence-corrected chi connectivity index (χ0v) is 13.0. The number of nitro groups is 1. The molecule has 6 nitrogen and oxygen atoms in total. The maximum atomic E-state index is 13.7. The van der Waals surface area contributed by atoms with E-state index in [1.54, 1.807) is 13.0 Å². The van der Waals surface area contributed by atoms with Crippen LogP contribution >= 0.6 is 0 Å². The van der Waals surface area contributed by atoms with Crippen LogP contribution in [0.4, 0.5) is 21.5 Å². The third-order valence-corrected chi connectivity index (χ3v) is 3.76. The number of nitrogens with one attached hydrogen (secondary N) is 2. The molecule has 1 aliphatic rings. The minimum absolute atomic E-state index is 0.0443. The van der Waals surface area contributed by atoms with Crippen LogP contribution in [-0.4, -0.2) is 16.9 Å². The van der Waals surface area contributed by atoms with Gasteiger partial charge in [0.1, 0.15) is 11.5 Å². The monoisotopic (exact) mass is 329 g/mol. The Bertz CT molecular complexity index is 819. The van der Waals surface area contributed by atoms with Crippen LogP contribution in [0.5, 0.6) is 0 Å². The van der Waals surface area contributed by atoms with Gasteiger partial charge in [-0.1, -0.05) is 6.07 Å². The molecule has 1 aliphatic carbocycles. The molecule has 2 aromatic rings. The highest BCUT2D eigenvalue weighted by Gasteiger charge is 2.25. The lowest BCUT2D eigenvalue weighted by atomic mass is 10.1. The van der Waals surface area contributed by atoms with Crippen molar-refractivity contribution < 1.29 is 14.1 Å². The molecule has 0 spiro atoms. The van der Waals surface area contributed by atoms with Crippen molar-refractivity contribution >= 4 is 23.0 Å². The molecule has 2 aromatic carbocycles. The largest absolute Gasteiger partial charge is 0.377 e. The molecule has 7 heteroatoms. The number of nitrogens with zero attached hydrogens (tertiary/aromatic N) is 1. The highest BCUT2D eigenvalue weighted by atomic mass is 19.1. The van der Waals surface area contributed by atoms with E-state index in [2.05, 4.69) is 10.6 Å². The lowest BCUT2D eigenvalue weighted by Crippen LogP contribution is -2.14. The number of aryl methyl sites for hydroxylation is 1. The van der Waals surface area contributed by atoms with Gasteiger partial charge >= 0.3 is 0 Å². The van der Waals surface area contributed by atoms with Crippen LogP contribution in [0, 0.1) is 22.9 Å². The number of rotatable bonds is 5. The van der Waals surface area contributed by atoms with E-state index >= 15 is 0 Å². The number of nitro benzene ring substituents is 1. The van der Waals surface area contributed by atoms with Crippen molar-refractivity contribution in [3.8, 4) is 0 Å². The highest BCUT2D eigenvalue weighted by Crippen LogP contribution is 2.31. The first kappa shape index (κ1) is 15.9. The summed E-state index contributed by atoms with van der Waals surface area (Å²) < 4.78 is 13.7. The van der Waals surface area contributed by atoms with Gasteiger partial charge in [0.15, 0.2) is 0 Å². The standard InChI is InChI=1S/C17H16FN3O3/c1-10-2-6-13(18)15(8-10)20-17(22)11-3-7-14(19-12-4-5-12)16(9-11)21(23)24/h2-3,6-9,12,19H,4-5H2,1H3,(H,20,22). The molecule has 0 aromatic heterocycles. The first-order valence-corrected chi connectivity index (χ1v) is 7.56. The molecule has 1 saturated carbocycles. The number of hydrogen-bond donors (Lipinski definition) is 2. The predicted octanol–water partition coefficient (Wildman–Crippen LogP) is 3.87. The van der Waals surface area contributed by atoms with E-state index in [0.717, 1.165) is 18.4 Å². The summed E-state index contributed by atoms with van der Waals surface area (Å²) in [6.07, 6.45) is 1.96. The Balaban J connectivity index is 1.85. The first-order chi connectivity index (χ1) is 11.4. The van der Waals surface area contributed by atoms with Crippen molar-refractivity contribution in [1.82, 2.24) is 0 Å². The van der Waals surface area contributed by atoms with Gasteiger partial charge in [0.05, 0.1) is 10.6 Å². The molecule has 0 aliphatic heterocycles. The average molecular weight is 329 g/mol. The third-order valence-electron chi connectivity index (χ3n) is 3.76. The number of amides is 1. The van der Waals surface area contributed by atoms with Gasteiger partial charge in [-0.05, 0) is 49.6 Å². The molecule has 124 valence electrons. The number of halogens is 1. The van der Waals surface area contributed by atoms with Gasteiger partial charge in [-0.3, -0.25) is 14.9 Å². The fourth-order valence-corrected chi connectivity index (χ4v) is 2.32. The van der Waals surface area contributed by atoms with Gasteiger partial charge in [-0.2, -0.15) is 0 Å². The molecule has 0 atom stereocenters. The van der Waals surface area contributed by atoms with Crippen LogP contribution in [0.2, 0.25) is 0 Å². The molecule has 2 N–H and O–H groups in total. The second-order valence-electron chi connectivity index (χ2n) is 5.85. The first-order valence-electron chi connectivity index (χ1n) is 7.56. The Kier molecular flexibility index (Phi) is 4.16. The van der Waals surface area contributed by atoms with Crippen molar-refractivity contribution in [3.05, 3.63) is 63.5 Å². The predicted molar refractivity (Wildman–Crippen MR) is 88.8 cm³/mol. The molecule has 1 fully saturated rings. The molecule has 24 heavy (non-hydrogen) atoms. The molecule has 0 saturated heterocycles. The van der Waals surface area contributed by atoms with Gasteiger partial charge < -0.3 is 10.6 Å². The molecular weight excluding hydrogens is 313 g/mol. The summed E-state index contributed by atoms with van der Waals surface area (Å²) in [5, 5.41) is 16.7. The van der Waals surface area contributed by atoms with Gasteiger partial charge in [0, 0.05) is 17.7 Å². The van der Waals surface area contributed by atoms with Crippen LogP contribution in [0.3, 0.4) is 0 Å². The molecule has 0 bridgehead atoms. The Morgan fingerprint density at radius 3 is 2.62 bits per heavy atom. The van der Waals surface area contributed by atoms with Crippen LogP contribution in [-0.2, 0) is 0 Å². The maximum Gasteiger partial charge on any atom is 0.293 e. The number of benzene rings is 2. The number of carbonyl (C=O) groups excluding carboxylic acids is 1. The van der Waals surface area contributed by atoms with Crippen LogP contribution in [0.15, 0.2) is 36.4 Å². The molecule has 1 amide bonds. The zero-order chi connectivity index (χ0) is 17.3. The summed E-state index contributed by atoms with van der Waals surface area (Å²) in [6.45, 7) is 1.78. The van der Waals surface area contributed by atoms with Crippen LogP contribution < -0.4 is 10.6 Å². The van der Waals surface area contributed by atoms with Gasteiger partial charge in [-0.15, -0.1) is 0 Å². The van der Waals surface area contributed by atoms with Crippen LogP contribution in [0.25, 0.3) is 0 Å². The summed E-state index contributed by atoms with van der Waals surface area (Å²) >= 11 is 0. The van der Waals surface area contributed by atoms with E-state index in [0.29, 0.717) is 5.69 Å². The summed E-state index contributed by atoms with van der Waals surface area (Å²) in [4.78, 5) is 23.0. The quantitative estimate of drug-likeness (QED) is 0.644. The molecule has 0 unspecified atom stereocenters. The molecule has 0 heterocycles. The summed E-state index contributed by atoms with van der Waals surface area (Å²) in [6, 6.07) is 8.81. The second kappa shape index (κ2) is 6.27. The second-order valence-corrected chi connectivity index (χ2v) is 5.85. The fourth-order valence-electron chi connectivity index (χ4n) is 2.32. The number of hydrogen-bond acceptors (Lipinski definition) is 4. The topological polar surface area (TPSA) is 84.3 Å². The minimum atomic E-state index is -0.597. The molecule has 3 rings (SSSR count). The smallest absolute Gasteiger partial charge is 0.293 e. The van der Waals surface area contributed by atoms with Crippen molar-refractivity contribution in [2.45, 2.75) is 25.8 Å².